The summed E-state index contributed by atoms with van der Waals surface area (Å²) in [6, 6.07) is 0. The maximum atomic E-state index is 5.27. The molecule has 0 aliphatic carbocycles. The first-order valence-electron chi connectivity index (χ1n) is 6.87. The van der Waals surface area contributed by atoms with Crippen molar-refractivity contribution in [2.75, 3.05) is 26.2 Å². The van der Waals surface area contributed by atoms with Gasteiger partial charge < -0.3 is 16.4 Å². The van der Waals surface area contributed by atoms with E-state index >= 15 is 0 Å². The zero-order chi connectivity index (χ0) is 12.7. The standard InChI is InChI=1S/C13H28N4/c1-11(2)12-6-9-17(10-12)8-5-3-4-7-16-13(14)15/h11-12H,3-10H2,1-2H3,(H4,14,15,16). The van der Waals surface area contributed by atoms with Crippen LogP contribution in [-0.2, 0) is 0 Å². The lowest BCUT2D eigenvalue weighted by Crippen LogP contribution is -2.23. The molecule has 1 heterocycles. The number of likely N-dealkylation sites (tertiary alicyclic amines) is 1. The molecule has 1 aliphatic rings. The number of unbranched alkanes of at least 4 members (excludes halogenated alkanes) is 2. The fraction of sp³-hybridized carbons (Fsp3) is 0.923. The van der Waals surface area contributed by atoms with Crippen LogP contribution in [0.2, 0.25) is 0 Å². The Morgan fingerprint density at radius 1 is 1.29 bits per heavy atom. The molecule has 4 nitrogen and oxygen atoms in total. The third-order valence-corrected chi connectivity index (χ3v) is 3.68. The molecule has 1 rings (SSSR count). The molecule has 0 radical (unpaired) electrons. The van der Waals surface area contributed by atoms with Crippen LogP contribution in [0.4, 0.5) is 0 Å². The topological polar surface area (TPSA) is 67.6 Å². The minimum atomic E-state index is 0.212. The predicted octanol–water partition coefficient (Wildman–Crippen LogP) is 1.41. The van der Waals surface area contributed by atoms with Gasteiger partial charge >= 0.3 is 0 Å². The quantitative estimate of drug-likeness (QED) is 0.401. The number of nitrogens with zero attached hydrogens (tertiary/aromatic N) is 2. The molecule has 1 atom stereocenters. The van der Waals surface area contributed by atoms with Gasteiger partial charge in [0.25, 0.3) is 0 Å². The van der Waals surface area contributed by atoms with E-state index in [0.29, 0.717) is 0 Å². The summed E-state index contributed by atoms with van der Waals surface area (Å²) < 4.78 is 0. The normalized spacial score (nSPS) is 21.0. The molecule has 4 N–H and O–H groups in total. The Labute approximate surface area is 105 Å². The largest absolute Gasteiger partial charge is 0.370 e. The lowest BCUT2D eigenvalue weighted by Gasteiger charge is -2.17. The van der Waals surface area contributed by atoms with Crippen molar-refractivity contribution in [3.05, 3.63) is 0 Å². The molecule has 0 aromatic rings. The Morgan fingerprint density at radius 2 is 2.06 bits per heavy atom. The molecule has 4 heteroatoms. The van der Waals surface area contributed by atoms with Crippen molar-refractivity contribution in [3.8, 4) is 0 Å². The van der Waals surface area contributed by atoms with Gasteiger partial charge in [-0.05, 0) is 44.2 Å². The van der Waals surface area contributed by atoms with Crippen LogP contribution in [0.5, 0.6) is 0 Å². The second-order valence-electron chi connectivity index (χ2n) is 5.46. The maximum Gasteiger partial charge on any atom is 0.185 e. The van der Waals surface area contributed by atoms with Gasteiger partial charge in [0.1, 0.15) is 0 Å². The lowest BCUT2D eigenvalue weighted by atomic mass is 9.95. The third-order valence-electron chi connectivity index (χ3n) is 3.68. The zero-order valence-electron chi connectivity index (χ0n) is 11.4. The average Bonchev–Trinajstić information content (AvgIpc) is 2.71. The van der Waals surface area contributed by atoms with E-state index < -0.39 is 0 Å². The van der Waals surface area contributed by atoms with E-state index in [0.717, 1.165) is 24.8 Å². The smallest absolute Gasteiger partial charge is 0.185 e. The molecule has 100 valence electrons. The molecule has 0 spiro atoms. The van der Waals surface area contributed by atoms with Crippen LogP contribution in [0.15, 0.2) is 4.99 Å². The minimum absolute atomic E-state index is 0.212. The molecular weight excluding hydrogens is 212 g/mol. The Balaban J connectivity index is 1.99. The van der Waals surface area contributed by atoms with E-state index in [-0.39, 0.29) is 5.96 Å². The van der Waals surface area contributed by atoms with E-state index in [1.807, 2.05) is 0 Å². The van der Waals surface area contributed by atoms with E-state index in [4.69, 9.17) is 11.5 Å². The molecule has 1 aliphatic heterocycles. The maximum absolute atomic E-state index is 5.27. The summed E-state index contributed by atoms with van der Waals surface area (Å²) in [5.74, 6) is 1.96. The fourth-order valence-electron chi connectivity index (χ4n) is 2.44. The second-order valence-corrected chi connectivity index (χ2v) is 5.46. The second kappa shape index (κ2) is 7.54. The van der Waals surface area contributed by atoms with Gasteiger partial charge in [-0.15, -0.1) is 0 Å². The summed E-state index contributed by atoms with van der Waals surface area (Å²) in [4.78, 5) is 6.59. The first-order valence-corrected chi connectivity index (χ1v) is 6.87. The molecular formula is C13H28N4. The van der Waals surface area contributed by atoms with Crippen LogP contribution in [0.25, 0.3) is 0 Å². The summed E-state index contributed by atoms with van der Waals surface area (Å²) in [6.07, 6.45) is 4.97. The molecule has 1 fully saturated rings. The van der Waals surface area contributed by atoms with Gasteiger partial charge in [-0.1, -0.05) is 20.3 Å². The highest BCUT2D eigenvalue weighted by molar-refractivity contribution is 5.75. The van der Waals surface area contributed by atoms with Gasteiger partial charge in [-0.3, -0.25) is 4.99 Å². The zero-order valence-corrected chi connectivity index (χ0v) is 11.4. The van der Waals surface area contributed by atoms with E-state index in [2.05, 4.69) is 23.7 Å². The Kier molecular flexibility index (Phi) is 6.34. The number of rotatable bonds is 7. The van der Waals surface area contributed by atoms with Crippen molar-refractivity contribution in [1.29, 1.82) is 0 Å². The van der Waals surface area contributed by atoms with E-state index in [9.17, 15) is 0 Å². The van der Waals surface area contributed by atoms with Crippen LogP contribution in [-0.4, -0.2) is 37.0 Å². The summed E-state index contributed by atoms with van der Waals surface area (Å²) in [5.41, 5.74) is 10.5. The summed E-state index contributed by atoms with van der Waals surface area (Å²) in [6.45, 7) is 9.27. The summed E-state index contributed by atoms with van der Waals surface area (Å²) >= 11 is 0. The highest BCUT2D eigenvalue weighted by Gasteiger charge is 2.23. The van der Waals surface area contributed by atoms with Crippen LogP contribution in [0.3, 0.4) is 0 Å². The highest BCUT2D eigenvalue weighted by atomic mass is 15.1. The summed E-state index contributed by atoms with van der Waals surface area (Å²) in [7, 11) is 0. The predicted molar refractivity (Wildman–Crippen MR) is 73.9 cm³/mol. The van der Waals surface area contributed by atoms with Gasteiger partial charge in [0.05, 0.1) is 0 Å². The number of hydrogen-bond acceptors (Lipinski definition) is 2. The number of nitrogens with two attached hydrogens (primary N) is 2. The Bertz CT molecular complexity index is 234. The highest BCUT2D eigenvalue weighted by Crippen LogP contribution is 2.23. The molecule has 0 saturated carbocycles. The monoisotopic (exact) mass is 240 g/mol. The fourth-order valence-corrected chi connectivity index (χ4v) is 2.44. The van der Waals surface area contributed by atoms with Crippen LogP contribution in [0.1, 0.15) is 39.5 Å². The van der Waals surface area contributed by atoms with Crippen LogP contribution >= 0.6 is 0 Å². The Hall–Kier alpha value is -0.770. The van der Waals surface area contributed by atoms with Gasteiger partial charge in [0, 0.05) is 13.1 Å². The molecule has 0 aromatic carbocycles. The SMILES string of the molecule is CC(C)C1CCN(CCCCCN=C(N)N)C1. The van der Waals surface area contributed by atoms with Crippen molar-refractivity contribution < 1.29 is 0 Å². The van der Waals surface area contributed by atoms with Gasteiger partial charge in [0.2, 0.25) is 0 Å². The van der Waals surface area contributed by atoms with Gasteiger partial charge in [-0.2, -0.15) is 0 Å². The van der Waals surface area contributed by atoms with Crippen LogP contribution < -0.4 is 11.5 Å². The van der Waals surface area contributed by atoms with Gasteiger partial charge in [0.15, 0.2) is 5.96 Å². The first kappa shape index (κ1) is 14.3. The molecule has 0 amide bonds. The molecule has 1 saturated heterocycles. The number of guanidine groups is 1. The molecule has 0 bridgehead atoms. The van der Waals surface area contributed by atoms with Crippen molar-refractivity contribution >= 4 is 5.96 Å². The van der Waals surface area contributed by atoms with Crippen LogP contribution in [0, 0.1) is 11.8 Å². The number of hydrogen-bond donors (Lipinski definition) is 2. The van der Waals surface area contributed by atoms with Crippen molar-refractivity contribution in [3.63, 3.8) is 0 Å². The number of aliphatic imine (C=N–C) groups is 1. The summed E-state index contributed by atoms with van der Waals surface area (Å²) in [5, 5.41) is 0. The molecule has 1 unspecified atom stereocenters. The minimum Gasteiger partial charge on any atom is -0.370 e. The van der Waals surface area contributed by atoms with Crippen molar-refractivity contribution in [1.82, 2.24) is 4.90 Å². The van der Waals surface area contributed by atoms with Crippen molar-refractivity contribution in [2.45, 2.75) is 39.5 Å². The first-order chi connectivity index (χ1) is 8.09. The molecule has 17 heavy (non-hydrogen) atoms. The van der Waals surface area contributed by atoms with Gasteiger partial charge in [-0.25, -0.2) is 0 Å². The van der Waals surface area contributed by atoms with E-state index in [1.165, 1.54) is 38.9 Å². The van der Waals surface area contributed by atoms with E-state index in [1.54, 1.807) is 0 Å². The third kappa shape index (κ3) is 5.91. The molecule has 0 aromatic heterocycles. The lowest BCUT2D eigenvalue weighted by molar-refractivity contribution is 0.297. The average molecular weight is 240 g/mol. The Morgan fingerprint density at radius 3 is 2.65 bits per heavy atom. The van der Waals surface area contributed by atoms with Crippen molar-refractivity contribution in [2.24, 2.45) is 28.3 Å².